The highest BCUT2D eigenvalue weighted by molar-refractivity contribution is 6.31. The fourth-order valence-corrected chi connectivity index (χ4v) is 19.6. The molecule has 6 fully saturated rings. The minimum atomic E-state index is -3.39. The van der Waals surface area contributed by atoms with Crippen LogP contribution < -0.4 is 35.5 Å². The molecule has 704 valence electrons. The largest absolute Gasteiger partial charge is 0.618 e. The van der Waals surface area contributed by atoms with Crippen LogP contribution in [0.3, 0.4) is 0 Å². The number of halogens is 8. The van der Waals surface area contributed by atoms with Crippen LogP contribution in [0.1, 0.15) is 123 Å². The number of rotatable bonds is 28. The first-order valence-electron chi connectivity index (χ1n) is 44.9. The number of ether oxygens (including phenoxy) is 4. The van der Waals surface area contributed by atoms with E-state index in [-0.39, 0.29) is 103 Å². The molecule has 133 heavy (non-hydrogen) atoms. The van der Waals surface area contributed by atoms with Crippen LogP contribution >= 0.6 is 46.4 Å². The highest BCUT2D eigenvalue weighted by Gasteiger charge is 2.48. The second-order valence-corrected chi connectivity index (χ2v) is 37.3. The molecule has 6 aliphatic heterocycles. The number of pyridine rings is 1. The lowest BCUT2D eigenvalue weighted by Gasteiger charge is -2.45. The van der Waals surface area contributed by atoms with Crippen molar-refractivity contribution < 1.29 is 79.6 Å². The molecule has 0 unspecified atom stereocenters. The Morgan fingerprint density at radius 1 is 0.481 bits per heavy atom. The Hall–Kier alpha value is -11.2. The maximum Gasteiger partial charge on any atom is 0.345 e. The molecule has 8 atom stereocenters. The van der Waals surface area contributed by atoms with Crippen molar-refractivity contribution in [3.05, 3.63) is 235 Å². The lowest BCUT2D eigenvalue weighted by Crippen LogP contribution is -2.65. The van der Waals surface area contributed by atoms with Crippen molar-refractivity contribution in [1.29, 1.82) is 0 Å². The second-order valence-electron chi connectivity index (χ2n) is 35.6. The highest BCUT2D eigenvalue weighted by atomic mass is 35.5. The summed E-state index contributed by atoms with van der Waals surface area (Å²) in [6.45, 7) is -2.03. The predicted molar refractivity (Wildman–Crippen MR) is 490 cm³/mol. The van der Waals surface area contributed by atoms with Gasteiger partial charge < -0.3 is 74.2 Å². The molecule has 6 aromatic carbocycles. The number of fused-ring (bicyclic) bond motifs is 4. The third kappa shape index (κ3) is 23.9. The number of likely N-dealkylation sites (tertiary alicyclic amines) is 2. The Labute approximate surface area is 788 Å². The zero-order chi connectivity index (χ0) is 93.9. The van der Waals surface area contributed by atoms with Crippen LogP contribution in [-0.2, 0) is 114 Å². The van der Waals surface area contributed by atoms with Crippen molar-refractivity contribution >= 4 is 93.7 Å². The minimum absolute atomic E-state index is 0.0290. The summed E-state index contributed by atoms with van der Waals surface area (Å²) in [5.74, 6) is -7.10. The van der Waals surface area contributed by atoms with Crippen LogP contribution in [0.5, 0.6) is 23.0 Å². The van der Waals surface area contributed by atoms with E-state index < -0.39 is 160 Å². The quantitative estimate of drug-likeness (QED) is 0.0201. The summed E-state index contributed by atoms with van der Waals surface area (Å²) in [5, 5.41) is 28.0. The molecule has 0 spiro atoms. The number of hydrogen-bond acceptors (Lipinski definition) is 17. The van der Waals surface area contributed by atoms with E-state index in [1.165, 1.54) is 48.0 Å². The van der Waals surface area contributed by atoms with E-state index in [2.05, 4.69) is 31.1 Å². The molecule has 9 heterocycles. The molecule has 28 nitrogen and oxygen atoms in total. The number of carbonyl (C=O) groups excluding carboxylic acids is 8. The summed E-state index contributed by atoms with van der Waals surface area (Å²) >= 11 is 26.4. The van der Waals surface area contributed by atoms with E-state index in [0.29, 0.717) is 56.1 Å². The van der Waals surface area contributed by atoms with Gasteiger partial charge in [-0.3, -0.25) is 48.2 Å². The van der Waals surface area contributed by atoms with Crippen molar-refractivity contribution in [2.45, 2.75) is 178 Å². The standard InChI is InChI=1S/C97H107Cl4F4N15O13/c1-60-88(123)108-77(56-130-94(102)103)90(125)110-96(48-62-13-23-71(98)24-14-62)33-10-39-116(58-96)92(127)69(44-86(121)118(60)52-67-17-27-73(100)46-82(67)132-75-29-19-64(20-30-75)80-50-106-84(112(80)3)54-114-35-5-6-36-114)42-66-12-9-41-120(129)79(66)43-70-45-87(122)119(53-68-18-28-74(101)47-83(68)133-76-31-21-65(22-32-76)81-51-107-85(113(81)4)55-115-37-7-8-38-115)61(2)89(124)109-78(57-131-95(104)105)91(126)111-97(34-11-40-117(59-97)93(70)128)49-63-15-25-72(99)26-16-63/h9,12-32,41,46-47,50-51,60-61,69-70,77-78,94-95H,5-8,10-11,33-40,42-45,48-49,52-59H2,1-4H3,(H,108,123)(H,109,124)(H,110,125)(H,111,126)/t60-,61-,69+,70+,77-,78-,96+,97+/m0/s1. The van der Waals surface area contributed by atoms with Crippen molar-refractivity contribution in [3.63, 3.8) is 0 Å². The third-order valence-electron chi connectivity index (χ3n) is 26.2. The van der Waals surface area contributed by atoms with E-state index in [1.807, 2.05) is 59.9 Å². The molecule has 8 amide bonds. The first-order valence-corrected chi connectivity index (χ1v) is 46.4. The Morgan fingerprint density at radius 2 is 0.880 bits per heavy atom. The molecule has 4 N–H and O–H groups in total. The van der Waals surface area contributed by atoms with E-state index in [0.717, 1.165) is 95.8 Å². The van der Waals surface area contributed by atoms with Crippen LogP contribution in [0, 0.1) is 17.0 Å². The number of aromatic nitrogens is 5. The maximum absolute atomic E-state index is 16.5. The van der Waals surface area contributed by atoms with Crippen molar-refractivity contribution in [3.8, 4) is 45.5 Å². The Balaban J connectivity index is 0.795. The van der Waals surface area contributed by atoms with Gasteiger partial charge in [0.1, 0.15) is 58.8 Å². The number of amides is 8. The molecule has 0 radical (unpaired) electrons. The molecule has 4 bridgehead atoms. The molecular weight excluding hydrogens is 1800 g/mol. The maximum atomic E-state index is 16.5. The number of carbonyl (C=O) groups is 8. The fourth-order valence-electron chi connectivity index (χ4n) is 19.0. The third-order valence-corrected chi connectivity index (χ3v) is 27.2. The lowest BCUT2D eigenvalue weighted by molar-refractivity contribution is -0.614. The number of imidazole rings is 2. The number of alkyl halides is 4. The van der Waals surface area contributed by atoms with Gasteiger partial charge >= 0.3 is 13.2 Å². The number of nitrogens with zero attached hydrogens (tertiary/aromatic N) is 11. The van der Waals surface area contributed by atoms with E-state index in [1.54, 1.807) is 103 Å². The molecule has 6 aliphatic rings. The average molecular weight is 1910 g/mol. The number of hydrogen-bond donors (Lipinski definition) is 4. The van der Waals surface area contributed by atoms with Crippen molar-refractivity contribution in [2.24, 2.45) is 25.9 Å². The van der Waals surface area contributed by atoms with Gasteiger partial charge in [0, 0.05) is 114 Å². The SMILES string of the molecule is C[C@H]1C(=O)N[C@@H](COC(F)F)C(=O)N[C@@]2(Cc3ccc(Cl)cc3)CCCN(C2)C(=O)[C@H](Cc2ccc[n+]([O-])c2C[C@@H]2CC(=O)N(Cc3ccc(Cl)cc3Oc3ccc(-c4cnc(CN5CCCC5)n4C)cc3)[C@@H](C)C(=O)N[C@@H](COC(F)F)C(=O)N[C@@]3(Cc4ccc(Cl)cc4)CCCN(C3)C2=O)CC(=O)N1Cc1ccc(Cl)cc1Oc1ccc(-c2cnc(CN3CCCC3)n2C)cc1. The van der Waals surface area contributed by atoms with Crippen LogP contribution in [0.4, 0.5) is 17.6 Å². The minimum Gasteiger partial charge on any atom is -0.618 e. The van der Waals surface area contributed by atoms with Gasteiger partial charge in [-0.05, 0) is 225 Å². The van der Waals surface area contributed by atoms with Crippen molar-refractivity contribution in [1.82, 2.24) is 69.8 Å². The van der Waals surface area contributed by atoms with E-state index in [4.69, 9.17) is 75.3 Å². The van der Waals surface area contributed by atoms with Crippen molar-refractivity contribution in [2.75, 3.05) is 65.6 Å². The van der Waals surface area contributed by atoms with Gasteiger partial charge in [0.15, 0.2) is 11.9 Å². The number of nitrogens with one attached hydrogen (secondary N) is 4. The summed E-state index contributed by atoms with van der Waals surface area (Å²) in [5.41, 5.74) is 2.47. The van der Waals surface area contributed by atoms with Gasteiger partial charge in [0.25, 0.3) is 0 Å². The van der Waals surface area contributed by atoms with Gasteiger partial charge in [0.2, 0.25) is 47.3 Å². The predicted octanol–water partition coefficient (Wildman–Crippen LogP) is 13.4. The zero-order valence-corrected chi connectivity index (χ0v) is 77.3. The summed E-state index contributed by atoms with van der Waals surface area (Å²) in [6.07, 6.45) is 7.83. The van der Waals surface area contributed by atoms with Crippen LogP contribution in [0.15, 0.2) is 164 Å². The summed E-state index contributed by atoms with van der Waals surface area (Å²) in [7, 11) is 3.92. The molecule has 3 aromatic heterocycles. The van der Waals surface area contributed by atoms with Gasteiger partial charge in [-0.1, -0.05) is 82.8 Å². The molecule has 0 aliphatic carbocycles. The highest BCUT2D eigenvalue weighted by Crippen LogP contribution is 2.39. The topological polar surface area (TPSA) is 304 Å². The normalized spacial score (nSPS) is 22.4. The molecule has 6 saturated heterocycles. The zero-order valence-electron chi connectivity index (χ0n) is 74.3. The van der Waals surface area contributed by atoms with Crippen LogP contribution in [0.2, 0.25) is 20.1 Å². The van der Waals surface area contributed by atoms with Crippen LogP contribution in [-0.4, -0.2) is 210 Å². The van der Waals surface area contributed by atoms with E-state index in [9.17, 15) is 17.6 Å². The van der Waals surface area contributed by atoms with Gasteiger partial charge in [0.05, 0.1) is 86.1 Å². The monoisotopic (exact) mass is 1910 g/mol. The molecule has 0 saturated carbocycles. The first kappa shape index (κ1) is 96.3. The van der Waals surface area contributed by atoms with Gasteiger partial charge in [-0.15, -0.1) is 0 Å². The molecule has 36 heteroatoms. The number of piperidine rings is 2. The Bertz CT molecular complexity index is 5700. The van der Waals surface area contributed by atoms with E-state index >= 15 is 43.6 Å². The average Bonchev–Trinajstić information content (AvgIpc) is 1.72. The Kier molecular flexibility index (Phi) is 31.1. The molecule has 9 aromatic rings. The first-order chi connectivity index (χ1) is 63.9. The lowest BCUT2D eigenvalue weighted by atomic mass is 9.81. The van der Waals surface area contributed by atoms with Gasteiger partial charge in [-0.25, -0.2) is 9.97 Å². The molecule has 15 rings (SSSR count). The summed E-state index contributed by atoms with van der Waals surface area (Å²) < 4.78 is 84.5. The van der Waals surface area contributed by atoms with Gasteiger partial charge in [-0.2, -0.15) is 22.3 Å². The molecular formula is C97H107Cl4F4N15O13. The fraction of sp³-hybridized carbons (Fsp3) is 0.433. The summed E-state index contributed by atoms with van der Waals surface area (Å²) in [6, 6.07) is 33.5. The van der Waals surface area contributed by atoms with Crippen LogP contribution in [0.25, 0.3) is 22.5 Å². The number of benzene rings is 6. The summed E-state index contributed by atoms with van der Waals surface area (Å²) in [4.78, 5) is 146. The Morgan fingerprint density at radius 3 is 1.29 bits per heavy atom. The second kappa shape index (κ2) is 43.0. The smallest absolute Gasteiger partial charge is 0.345 e.